The Kier molecular flexibility index (Phi) is 6.44. The number of halogens is 2. The van der Waals surface area contributed by atoms with Crippen molar-refractivity contribution >= 4 is 46.5 Å². The minimum atomic E-state index is -0.588. The van der Waals surface area contributed by atoms with Gasteiger partial charge in [0, 0.05) is 17.5 Å². The number of methoxy groups -OCH3 is 2. The topological polar surface area (TPSA) is 91.1 Å². The van der Waals surface area contributed by atoms with Gasteiger partial charge in [-0.05, 0) is 73.7 Å². The molecule has 3 aliphatic rings. The molecule has 7 rings (SSSR count). The minimum Gasteiger partial charge on any atom is -0.496 e. The third kappa shape index (κ3) is 4.24. The maximum Gasteiger partial charge on any atom is 0.341 e. The van der Waals surface area contributed by atoms with Crippen LogP contribution in [0.2, 0.25) is 10.0 Å². The molecule has 0 unspecified atom stereocenters. The smallest absolute Gasteiger partial charge is 0.341 e. The number of carbonyl (C=O) groups excluding carboxylic acids is 2. The molecule has 3 aromatic carbocycles. The van der Waals surface area contributed by atoms with Gasteiger partial charge in [-0.15, -0.1) is 0 Å². The van der Waals surface area contributed by atoms with E-state index in [2.05, 4.69) is 5.16 Å². The van der Waals surface area contributed by atoms with E-state index < -0.39 is 11.4 Å². The summed E-state index contributed by atoms with van der Waals surface area (Å²) in [6, 6.07) is 16.1. The number of fused-ring (bicyclic) bond motifs is 2. The van der Waals surface area contributed by atoms with Crippen molar-refractivity contribution in [2.45, 2.75) is 43.6 Å². The molecular weight excluding hydrogens is 579 g/mol. The predicted octanol–water partition coefficient (Wildman–Crippen LogP) is 7.61. The van der Waals surface area contributed by atoms with Gasteiger partial charge in [-0.3, -0.25) is 9.69 Å². The SMILES string of the molecule is COC(=O)c1ccc(N2C(=O)C3(CC3)c3cc(OCc4c(-c5c(Cl)cccc5Cl)noc4C4CC4)ccc32)cc1OC. The van der Waals surface area contributed by atoms with Crippen molar-refractivity contribution in [3.63, 3.8) is 0 Å². The zero-order chi connectivity index (χ0) is 29.2. The van der Waals surface area contributed by atoms with Gasteiger partial charge in [0.25, 0.3) is 0 Å². The average molecular weight is 605 g/mol. The number of rotatable bonds is 8. The highest BCUT2D eigenvalue weighted by molar-refractivity contribution is 6.39. The lowest BCUT2D eigenvalue weighted by Gasteiger charge is -2.20. The van der Waals surface area contributed by atoms with Crippen LogP contribution in [0.4, 0.5) is 11.4 Å². The molecule has 1 aromatic heterocycles. The van der Waals surface area contributed by atoms with E-state index >= 15 is 0 Å². The van der Waals surface area contributed by atoms with Crippen LogP contribution in [0.5, 0.6) is 11.5 Å². The predicted molar refractivity (Wildman–Crippen MR) is 157 cm³/mol. The lowest BCUT2D eigenvalue weighted by atomic mass is 9.98. The first-order chi connectivity index (χ1) is 20.4. The van der Waals surface area contributed by atoms with Gasteiger partial charge >= 0.3 is 5.97 Å². The van der Waals surface area contributed by atoms with Crippen LogP contribution in [0.25, 0.3) is 11.3 Å². The molecule has 42 heavy (non-hydrogen) atoms. The van der Waals surface area contributed by atoms with Crippen LogP contribution in [0.3, 0.4) is 0 Å². The number of anilines is 2. The first-order valence-corrected chi connectivity index (χ1v) is 14.4. The van der Waals surface area contributed by atoms with Gasteiger partial charge < -0.3 is 18.7 Å². The number of amides is 1. The van der Waals surface area contributed by atoms with E-state index in [1.165, 1.54) is 14.2 Å². The first kappa shape index (κ1) is 26.9. The summed E-state index contributed by atoms with van der Waals surface area (Å²) >= 11 is 13.0. The summed E-state index contributed by atoms with van der Waals surface area (Å²) in [5.74, 6) is 1.55. The van der Waals surface area contributed by atoms with Gasteiger partial charge in [0.2, 0.25) is 5.91 Å². The largest absolute Gasteiger partial charge is 0.496 e. The Morgan fingerprint density at radius 2 is 1.83 bits per heavy atom. The number of nitrogens with zero attached hydrogens (tertiary/aromatic N) is 2. The van der Waals surface area contributed by atoms with Crippen LogP contribution in [0.1, 0.15) is 58.8 Å². The standard InChI is InChI=1S/C32H26Cl2N2O6/c1-39-26-14-18(8-10-20(26)30(37)40-2)36-25-11-9-19(15-22(25)32(12-13-32)31(36)38)41-16-21-28(35-42-29(21)17-6-7-17)27-23(33)4-3-5-24(27)34/h3-5,8-11,14-15,17H,6-7,12-13,16H2,1-2H3. The monoisotopic (exact) mass is 604 g/mol. The summed E-state index contributed by atoms with van der Waals surface area (Å²) < 4.78 is 22.4. The van der Waals surface area contributed by atoms with Gasteiger partial charge in [-0.25, -0.2) is 4.79 Å². The lowest BCUT2D eigenvalue weighted by molar-refractivity contribution is -0.119. The Labute approximate surface area is 252 Å². The molecule has 2 fully saturated rings. The van der Waals surface area contributed by atoms with E-state index in [1.54, 1.807) is 41.3 Å². The van der Waals surface area contributed by atoms with Crippen LogP contribution in [-0.2, 0) is 21.6 Å². The molecule has 0 radical (unpaired) electrons. The van der Waals surface area contributed by atoms with E-state index in [0.29, 0.717) is 44.4 Å². The highest BCUT2D eigenvalue weighted by Crippen LogP contribution is 2.60. The Bertz CT molecular complexity index is 1740. The van der Waals surface area contributed by atoms with E-state index in [4.69, 9.17) is 41.9 Å². The van der Waals surface area contributed by atoms with E-state index in [9.17, 15) is 9.59 Å². The van der Waals surface area contributed by atoms with E-state index in [1.807, 2.05) is 18.2 Å². The first-order valence-electron chi connectivity index (χ1n) is 13.7. The van der Waals surface area contributed by atoms with Crippen LogP contribution in [0, 0.1) is 0 Å². The van der Waals surface area contributed by atoms with Crippen LogP contribution < -0.4 is 14.4 Å². The molecule has 2 aliphatic carbocycles. The fourth-order valence-corrected chi connectivity index (χ4v) is 6.36. The number of esters is 1. The third-order valence-electron chi connectivity index (χ3n) is 8.29. The molecule has 0 bridgehead atoms. The summed E-state index contributed by atoms with van der Waals surface area (Å²) in [6.45, 7) is 0.210. The van der Waals surface area contributed by atoms with Gasteiger partial charge in [0.15, 0.2) is 0 Å². The summed E-state index contributed by atoms with van der Waals surface area (Å²) in [4.78, 5) is 27.6. The Morgan fingerprint density at radius 3 is 2.50 bits per heavy atom. The van der Waals surface area contributed by atoms with Crippen LogP contribution >= 0.6 is 23.2 Å². The molecular formula is C32H26Cl2N2O6. The summed E-state index contributed by atoms with van der Waals surface area (Å²) in [6.07, 6.45) is 3.57. The van der Waals surface area contributed by atoms with Crippen molar-refractivity contribution < 1.29 is 28.3 Å². The van der Waals surface area contributed by atoms with E-state index in [-0.39, 0.29) is 18.1 Å². The molecule has 8 nitrogen and oxygen atoms in total. The highest BCUT2D eigenvalue weighted by Gasteiger charge is 2.59. The zero-order valence-corrected chi connectivity index (χ0v) is 24.4. The maximum atomic E-state index is 13.8. The fourth-order valence-electron chi connectivity index (χ4n) is 5.79. The molecule has 1 spiro atoms. The molecule has 4 aromatic rings. The second-order valence-corrected chi connectivity index (χ2v) is 11.6. The lowest BCUT2D eigenvalue weighted by Crippen LogP contribution is -2.28. The molecule has 1 aliphatic heterocycles. The second kappa shape index (κ2) is 10.1. The van der Waals surface area contributed by atoms with Crippen LogP contribution in [-0.4, -0.2) is 31.3 Å². The number of hydrogen-bond acceptors (Lipinski definition) is 7. The molecule has 1 amide bonds. The quantitative estimate of drug-likeness (QED) is 0.191. The Hall–Kier alpha value is -4.01. The minimum absolute atomic E-state index is 0.00628. The number of hydrogen-bond donors (Lipinski definition) is 0. The van der Waals surface area contributed by atoms with Crippen molar-refractivity contribution in [1.82, 2.24) is 5.16 Å². The van der Waals surface area contributed by atoms with Gasteiger partial charge in [0.05, 0.1) is 46.6 Å². The van der Waals surface area contributed by atoms with Crippen molar-refractivity contribution in [3.05, 3.63) is 87.1 Å². The fraction of sp³-hybridized carbons (Fsp3) is 0.281. The molecule has 2 saturated carbocycles. The second-order valence-electron chi connectivity index (χ2n) is 10.8. The summed E-state index contributed by atoms with van der Waals surface area (Å²) in [7, 11) is 2.79. The molecule has 2 heterocycles. The van der Waals surface area contributed by atoms with Crippen molar-refractivity contribution in [1.29, 1.82) is 0 Å². The normalized spacial score (nSPS) is 16.5. The summed E-state index contributed by atoms with van der Waals surface area (Å²) in [5, 5.41) is 5.32. The van der Waals surface area contributed by atoms with Crippen LogP contribution in [0.15, 0.2) is 59.1 Å². The third-order valence-corrected chi connectivity index (χ3v) is 8.91. The molecule has 0 N–H and O–H groups in total. The molecule has 0 saturated heterocycles. The number of ether oxygens (including phenoxy) is 3. The summed E-state index contributed by atoms with van der Waals surface area (Å²) in [5.41, 5.74) is 4.04. The molecule has 214 valence electrons. The molecule has 0 atom stereocenters. The highest BCUT2D eigenvalue weighted by atomic mass is 35.5. The van der Waals surface area contributed by atoms with Gasteiger partial charge in [-0.2, -0.15) is 0 Å². The Morgan fingerprint density at radius 1 is 1.07 bits per heavy atom. The Balaban J connectivity index is 1.21. The number of aromatic nitrogens is 1. The van der Waals surface area contributed by atoms with E-state index in [0.717, 1.165) is 48.3 Å². The van der Waals surface area contributed by atoms with Gasteiger partial charge in [-0.1, -0.05) is 34.4 Å². The van der Waals surface area contributed by atoms with Crippen molar-refractivity contribution in [2.24, 2.45) is 0 Å². The van der Waals surface area contributed by atoms with Crippen molar-refractivity contribution in [2.75, 3.05) is 19.1 Å². The zero-order valence-electron chi connectivity index (χ0n) is 22.9. The number of carbonyl (C=O) groups is 2. The number of benzene rings is 3. The average Bonchev–Trinajstić information content (AvgIpc) is 3.93. The maximum absolute atomic E-state index is 13.8. The molecule has 10 heteroatoms. The van der Waals surface area contributed by atoms with Crippen molar-refractivity contribution in [3.8, 4) is 22.8 Å². The van der Waals surface area contributed by atoms with Gasteiger partial charge in [0.1, 0.15) is 35.1 Å².